The summed E-state index contributed by atoms with van der Waals surface area (Å²) in [6, 6.07) is 11.2. The molecule has 6 heteroatoms. The zero-order valence-corrected chi connectivity index (χ0v) is 16.0. The lowest BCUT2D eigenvalue weighted by Gasteiger charge is -2.17. The Labute approximate surface area is 160 Å². The molecule has 1 amide bonds. The molecule has 0 atom stereocenters. The number of benzene rings is 1. The van der Waals surface area contributed by atoms with Crippen LogP contribution in [0.1, 0.15) is 18.1 Å². The second-order valence-corrected chi connectivity index (χ2v) is 6.73. The maximum absolute atomic E-state index is 13.0. The van der Waals surface area contributed by atoms with Gasteiger partial charge in [0.05, 0.1) is 24.8 Å². The number of nitrogens with zero attached hydrogens (tertiary/aromatic N) is 2. The van der Waals surface area contributed by atoms with Gasteiger partial charge < -0.3 is 9.64 Å². The first-order chi connectivity index (χ1) is 12.5. The summed E-state index contributed by atoms with van der Waals surface area (Å²) in [7, 11) is 1.31. The molecule has 1 aromatic carbocycles. The van der Waals surface area contributed by atoms with Gasteiger partial charge in [-0.2, -0.15) is 0 Å². The first kappa shape index (κ1) is 18.1. The Morgan fingerprint density at radius 1 is 1.27 bits per heavy atom. The molecule has 0 unspecified atom stereocenters. The second kappa shape index (κ2) is 7.66. The van der Waals surface area contributed by atoms with E-state index in [0.717, 1.165) is 15.6 Å². The number of carbonyl (C=O) groups is 2. The minimum absolute atomic E-state index is 0.227. The fourth-order valence-electron chi connectivity index (χ4n) is 2.82. The van der Waals surface area contributed by atoms with Crippen molar-refractivity contribution < 1.29 is 14.3 Å². The molecule has 0 N–H and O–H groups in total. The number of carbonyl (C=O) groups excluding carboxylic acids is 2. The summed E-state index contributed by atoms with van der Waals surface area (Å²) in [5, 5.41) is 0. The number of allylic oxidation sites excluding steroid dienone is 1. The van der Waals surface area contributed by atoms with Gasteiger partial charge in [-0.3, -0.25) is 9.78 Å². The Morgan fingerprint density at radius 3 is 2.62 bits per heavy atom. The van der Waals surface area contributed by atoms with Crippen LogP contribution in [0.5, 0.6) is 0 Å². The number of hydrogen-bond donors (Lipinski definition) is 0. The summed E-state index contributed by atoms with van der Waals surface area (Å²) < 4.78 is 5.84. The Kier molecular flexibility index (Phi) is 5.32. The Balaban J connectivity index is 2.02. The van der Waals surface area contributed by atoms with Crippen LogP contribution in [0.15, 0.2) is 70.1 Å². The molecule has 1 aliphatic heterocycles. The van der Waals surface area contributed by atoms with E-state index in [1.54, 1.807) is 30.3 Å². The van der Waals surface area contributed by atoms with Gasteiger partial charge in [0.2, 0.25) is 0 Å². The molecule has 0 spiro atoms. The van der Waals surface area contributed by atoms with Gasteiger partial charge in [-0.1, -0.05) is 34.1 Å². The van der Waals surface area contributed by atoms with Crippen LogP contribution >= 0.6 is 15.9 Å². The molecule has 0 radical (unpaired) electrons. The van der Waals surface area contributed by atoms with Gasteiger partial charge in [0.1, 0.15) is 0 Å². The normalized spacial score (nSPS) is 15.7. The number of hydrogen-bond acceptors (Lipinski definition) is 4. The Morgan fingerprint density at radius 2 is 2.00 bits per heavy atom. The first-order valence-electron chi connectivity index (χ1n) is 7.99. The molecule has 132 valence electrons. The molecule has 1 aliphatic rings. The summed E-state index contributed by atoms with van der Waals surface area (Å²) in [6.07, 6.45) is 5.10. The predicted molar refractivity (Wildman–Crippen MR) is 102 cm³/mol. The topological polar surface area (TPSA) is 59.5 Å². The third-order valence-electron chi connectivity index (χ3n) is 4.15. The molecule has 2 aromatic rings. The molecular weight excluding hydrogens is 396 g/mol. The molecule has 0 saturated heterocycles. The van der Waals surface area contributed by atoms with Crippen LogP contribution in [0.3, 0.4) is 0 Å². The number of pyridine rings is 1. The average Bonchev–Trinajstić information content (AvgIpc) is 2.88. The number of halogens is 1. The van der Waals surface area contributed by atoms with Crippen LogP contribution in [-0.2, 0) is 20.9 Å². The summed E-state index contributed by atoms with van der Waals surface area (Å²) >= 11 is 3.39. The highest BCUT2D eigenvalue weighted by atomic mass is 79.9. The lowest BCUT2D eigenvalue weighted by atomic mass is 10.0. The van der Waals surface area contributed by atoms with Crippen molar-refractivity contribution in [3.8, 4) is 0 Å². The van der Waals surface area contributed by atoms with Crippen molar-refractivity contribution in [2.75, 3.05) is 7.11 Å². The van der Waals surface area contributed by atoms with E-state index in [9.17, 15) is 9.59 Å². The molecule has 0 aliphatic carbocycles. The molecular formula is C20H17BrN2O3. The van der Waals surface area contributed by atoms with Gasteiger partial charge in [0.15, 0.2) is 0 Å². The van der Waals surface area contributed by atoms with E-state index in [1.807, 2.05) is 36.4 Å². The quantitative estimate of drug-likeness (QED) is 0.567. The van der Waals surface area contributed by atoms with Gasteiger partial charge in [-0.05, 0) is 42.3 Å². The minimum atomic E-state index is -0.520. The highest BCUT2D eigenvalue weighted by Crippen LogP contribution is 2.32. The number of esters is 1. The number of amides is 1. The predicted octanol–water partition coefficient (Wildman–Crippen LogP) is 3.72. The van der Waals surface area contributed by atoms with Crippen molar-refractivity contribution >= 4 is 33.9 Å². The number of ether oxygens (including phenoxy) is 1. The molecule has 0 fully saturated rings. The van der Waals surface area contributed by atoms with Gasteiger partial charge >= 0.3 is 5.97 Å². The fourth-order valence-corrected chi connectivity index (χ4v) is 3.08. The lowest BCUT2D eigenvalue weighted by Crippen LogP contribution is -2.24. The van der Waals surface area contributed by atoms with E-state index >= 15 is 0 Å². The standard InChI is InChI=1S/C20H17BrN2O3/c1-13-18(20(25)26-2)17(10-14-5-7-16(21)8-6-14)19(24)23(13)12-15-4-3-9-22-11-15/h3-11H,12H2,1-2H3/b17-10-. The Bertz CT molecular complexity index is 902. The number of rotatable bonds is 4. The molecule has 26 heavy (non-hydrogen) atoms. The van der Waals surface area contributed by atoms with E-state index in [-0.39, 0.29) is 5.91 Å². The van der Waals surface area contributed by atoms with Crippen molar-refractivity contribution in [1.82, 2.24) is 9.88 Å². The highest BCUT2D eigenvalue weighted by molar-refractivity contribution is 9.10. The maximum atomic E-state index is 13.0. The van der Waals surface area contributed by atoms with Gasteiger partial charge in [-0.25, -0.2) is 4.79 Å². The third-order valence-corrected chi connectivity index (χ3v) is 4.67. The van der Waals surface area contributed by atoms with E-state index < -0.39 is 5.97 Å². The molecule has 3 rings (SSSR count). The summed E-state index contributed by atoms with van der Waals surface area (Å²) in [6.45, 7) is 2.10. The largest absolute Gasteiger partial charge is 0.465 e. The van der Waals surface area contributed by atoms with Crippen LogP contribution in [0.25, 0.3) is 6.08 Å². The van der Waals surface area contributed by atoms with Gasteiger partial charge in [-0.15, -0.1) is 0 Å². The summed E-state index contributed by atoms with van der Waals surface area (Å²) in [4.78, 5) is 31.0. The first-order valence-corrected chi connectivity index (χ1v) is 8.78. The Hall–Kier alpha value is -2.73. The second-order valence-electron chi connectivity index (χ2n) is 5.81. The van der Waals surface area contributed by atoms with Crippen molar-refractivity contribution in [2.45, 2.75) is 13.5 Å². The fraction of sp³-hybridized carbons (Fsp3) is 0.150. The van der Waals surface area contributed by atoms with Crippen LogP contribution < -0.4 is 0 Å². The zero-order valence-electron chi connectivity index (χ0n) is 14.4. The lowest BCUT2D eigenvalue weighted by molar-refractivity contribution is -0.136. The maximum Gasteiger partial charge on any atom is 0.340 e. The molecule has 0 bridgehead atoms. The van der Waals surface area contributed by atoms with Crippen LogP contribution in [0, 0.1) is 0 Å². The zero-order chi connectivity index (χ0) is 18.7. The molecule has 1 aromatic heterocycles. The van der Waals surface area contributed by atoms with Gasteiger partial charge in [0.25, 0.3) is 5.91 Å². The van der Waals surface area contributed by atoms with Crippen molar-refractivity contribution in [1.29, 1.82) is 0 Å². The van der Waals surface area contributed by atoms with E-state index in [2.05, 4.69) is 20.9 Å². The number of aromatic nitrogens is 1. The third kappa shape index (κ3) is 3.60. The van der Waals surface area contributed by atoms with E-state index in [4.69, 9.17) is 4.74 Å². The van der Waals surface area contributed by atoms with Crippen LogP contribution in [-0.4, -0.2) is 28.9 Å². The average molecular weight is 413 g/mol. The number of methoxy groups -OCH3 is 1. The highest BCUT2D eigenvalue weighted by Gasteiger charge is 2.36. The molecule has 0 saturated carbocycles. The van der Waals surface area contributed by atoms with E-state index in [1.165, 1.54) is 7.11 Å². The monoisotopic (exact) mass is 412 g/mol. The van der Waals surface area contributed by atoms with Crippen molar-refractivity contribution in [3.05, 3.63) is 81.2 Å². The van der Waals surface area contributed by atoms with E-state index in [0.29, 0.717) is 23.4 Å². The SMILES string of the molecule is COC(=O)C1=C(C)N(Cc2cccnc2)C(=O)/C1=C\c1ccc(Br)cc1. The van der Waals surface area contributed by atoms with Crippen molar-refractivity contribution in [3.63, 3.8) is 0 Å². The smallest absolute Gasteiger partial charge is 0.340 e. The van der Waals surface area contributed by atoms with Crippen LogP contribution in [0.2, 0.25) is 0 Å². The molecule has 5 nitrogen and oxygen atoms in total. The summed E-state index contributed by atoms with van der Waals surface area (Å²) in [5.74, 6) is -0.748. The van der Waals surface area contributed by atoms with Gasteiger partial charge in [0, 0.05) is 22.6 Å². The van der Waals surface area contributed by atoms with Crippen molar-refractivity contribution in [2.24, 2.45) is 0 Å². The molecule has 2 heterocycles. The minimum Gasteiger partial charge on any atom is -0.465 e. The van der Waals surface area contributed by atoms with Crippen LogP contribution in [0.4, 0.5) is 0 Å². The summed E-state index contributed by atoms with van der Waals surface area (Å²) in [5.41, 5.74) is 2.92.